The first-order valence-electron chi connectivity index (χ1n) is 12.4. The lowest BCUT2D eigenvalue weighted by Crippen LogP contribution is -2.71. The quantitative estimate of drug-likeness (QED) is 0.729. The number of likely N-dealkylation sites (tertiary alicyclic amines) is 1. The third-order valence-corrected chi connectivity index (χ3v) is 9.41. The lowest BCUT2D eigenvalue weighted by atomic mass is 9.46. The van der Waals surface area contributed by atoms with Gasteiger partial charge in [0, 0.05) is 17.6 Å². The molecule has 5 unspecified atom stereocenters. The molecule has 2 amide bonds. The highest BCUT2D eigenvalue weighted by atomic mass is 16.7. The maximum atomic E-state index is 13.5. The molecular weight excluding hydrogens is 404 g/mol. The summed E-state index contributed by atoms with van der Waals surface area (Å²) in [6, 6.07) is 6.68. The lowest BCUT2D eigenvalue weighted by molar-refractivity contribution is -0.199. The van der Waals surface area contributed by atoms with Crippen molar-refractivity contribution in [1.82, 2.24) is 10.2 Å². The summed E-state index contributed by atoms with van der Waals surface area (Å²) in [6.45, 7) is 4.36. The number of nitrogens with zero attached hydrogens (tertiary/aromatic N) is 1. The zero-order valence-electron chi connectivity index (χ0n) is 18.9. The minimum atomic E-state index is -0.462. The minimum Gasteiger partial charge on any atom is -0.454 e. The van der Waals surface area contributed by atoms with Gasteiger partial charge >= 0.3 is 0 Å². The van der Waals surface area contributed by atoms with Crippen molar-refractivity contribution in [2.75, 3.05) is 6.79 Å². The van der Waals surface area contributed by atoms with Crippen LogP contribution in [0.2, 0.25) is 0 Å². The molecule has 170 valence electrons. The number of β-lactam (4-membered cyclic amide) rings is 1. The zero-order valence-corrected chi connectivity index (χ0v) is 18.9. The smallest absolute Gasteiger partial charge is 0.231 e. The van der Waals surface area contributed by atoms with Crippen LogP contribution in [-0.2, 0) is 9.59 Å². The van der Waals surface area contributed by atoms with Crippen molar-refractivity contribution in [3.63, 3.8) is 0 Å². The first-order valence-corrected chi connectivity index (χ1v) is 12.4. The Hall–Kier alpha value is -2.24. The van der Waals surface area contributed by atoms with Crippen LogP contribution in [0.25, 0.3) is 0 Å². The van der Waals surface area contributed by atoms with E-state index >= 15 is 0 Å². The van der Waals surface area contributed by atoms with E-state index in [-0.39, 0.29) is 30.2 Å². The molecule has 2 heterocycles. The van der Waals surface area contributed by atoms with Gasteiger partial charge in [-0.25, -0.2) is 0 Å². The van der Waals surface area contributed by atoms with Crippen molar-refractivity contribution >= 4 is 11.8 Å². The number of hydrogen-bond donors (Lipinski definition) is 1. The standard InChI is InChI=1S/C26H32N2O4/c1-25(2)22(18-4-3-5-19-21(18)32-13-31-19)28(24(25)30)20-15-8-14-9-16(20)12-26(10-14,11-15)23(29)27-17-6-7-17/h3-5,14-17,20,22H,6-13H2,1-2H3,(H,27,29)/t14?,15-,16?,20?,22?,26?/m0/s1. The summed E-state index contributed by atoms with van der Waals surface area (Å²) in [7, 11) is 0. The first kappa shape index (κ1) is 19.2. The monoisotopic (exact) mass is 436 g/mol. The average molecular weight is 437 g/mol. The molecule has 5 saturated carbocycles. The maximum Gasteiger partial charge on any atom is 0.231 e. The van der Waals surface area contributed by atoms with Gasteiger partial charge in [0.05, 0.1) is 16.9 Å². The van der Waals surface area contributed by atoms with Crippen LogP contribution in [0.5, 0.6) is 11.5 Å². The fourth-order valence-electron chi connectivity index (χ4n) is 8.16. The molecule has 2 aliphatic heterocycles. The summed E-state index contributed by atoms with van der Waals surface area (Å²) >= 11 is 0. The first-order chi connectivity index (χ1) is 15.4. The summed E-state index contributed by atoms with van der Waals surface area (Å²) in [5, 5.41) is 3.32. The Morgan fingerprint density at radius 1 is 1.09 bits per heavy atom. The molecule has 0 aromatic heterocycles. The van der Waals surface area contributed by atoms with Gasteiger partial charge in [-0.15, -0.1) is 0 Å². The van der Waals surface area contributed by atoms with E-state index in [4.69, 9.17) is 9.47 Å². The number of ether oxygens (including phenoxy) is 2. The van der Waals surface area contributed by atoms with E-state index in [9.17, 15) is 9.59 Å². The van der Waals surface area contributed by atoms with E-state index in [1.807, 2.05) is 12.1 Å². The Kier molecular flexibility index (Phi) is 3.73. The normalized spacial score (nSPS) is 40.4. The van der Waals surface area contributed by atoms with Gasteiger partial charge in [0.25, 0.3) is 0 Å². The molecule has 1 aromatic carbocycles. The summed E-state index contributed by atoms with van der Waals surface area (Å²) < 4.78 is 11.5. The molecule has 0 spiro atoms. The number of carbonyl (C=O) groups excluding carboxylic acids is 2. The van der Waals surface area contributed by atoms with Crippen molar-refractivity contribution in [1.29, 1.82) is 0 Å². The van der Waals surface area contributed by atoms with E-state index in [1.165, 1.54) is 0 Å². The van der Waals surface area contributed by atoms with Crippen molar-refractivity contribution in [3.05, 3.63) is 23.8 Å². The molecule has 32 heavy (non-hydrogen) atoms. The molecule has 6 atom stereocenters. The van der Waals surface area contributed by atoms with E-state index in [2.05, 4.69) is 30.1 Å². The van der Waals surface area contributed by atoms with Crippen LogP contribution < -0.4 is 14.8 Å². The van der Waals surface area contributed by atoms with Gasteiger partial charge in [-0.3, -0.25) is 9.59 Å². The van der Waals surface area contributed by atoms with Gasteiger partial charge in [-0.2, -0.15) is 0 Å². The van der Waals surface area contributed by atoms with Crippen LogP contribution in [0.1, 0.15) is 70.4 Å². The average Bonchev–Trinajstić information content (AvgIpc) is 3.43. The number of para-hydroxylation sites is 1. The van der Waals surface area contributed by atoms with Gasteiger partial charge in [-0.1, -0.05) is 12.1 Å². The highest BCUT2D eigenvalue weighted by Crippen LogP contribution is 2.65. The molecule has 4 bridgehead atoms. The summed E-state index contributed by atoms with van der Waals surface area (Å²) in [4.78, 5) is 29.0. The topological polar surface area (TPSA) is 67.9 Å². The van der Waals surface area contributed by atoms with E-state index < -0.39 is 5.41 Å². The van der Waals surface area contributed by atoms with Gasteiger partial charge in [0.2, 0.25) is 18.6 Å². The molecular formula is C26H32N2O4. The van der Waals surface area contributed by atoms with Crippen LogP contribution in [0, 0.1) is 28.6 Å². The van der Waals surface area contributed by atoms with Gasteiger partial charge < -0.3 is 19.7 Å². The SMILES string of the molecule is CC1(C)C(=O)N(C2C3CC4C[C@H]2CC(C(=O)NC2CC2)(C4)C3)C1c1cccc2c1OCO2. The second kappa shape index (κ2) is 6.21. The number of hydrogen-bond acceptors (Lipinski definition) is 4. The van der Waals surface area contributed by atoms with Crippen LogP contribution in [0.3, 0.4) is 0 Å². The van der Waals surface area contributed by atoms with Crippen LogP contribution >= 0.6 is 0 Å². The van der Waals surface area contributed by atoms with Gasteiger partial charge in [0.15, 0.2) is 11.5 Å². The highest BCUT2D eigenvalue weighted by Gasteiger charge is 2.66. The fraction of sp³-hybridized carbons (Fsp3) is 0.692. The Morgan fingerprint density at radius 3 is 2.56 bits per heavy atom. The second-order valence-electron chi connectivity index (χ2n) is 11.9. The van der Waals surface area contributed by atoms with Gasteiger partial charge in [0.1, 0.15) is 0 Å². The number of amides is 2. The number of benzene rings is 1. The maximum absolute atomic E-state index is 13.5. The third-order valence-electron chi connectivity index (χ3n) is 9.41. The number of carbonyl (C=O) groups is 2. The highest BCUT2D eigenvalue weighted by molar-refractivity contribution is 5.91. The zero-order chi connectivity index (χ0) is 21.8. The van der Waals surface area contributed by atoms with Crippen molar-refractivity contribution in [3.8, 4) is 11.5 Å². The van der Waals surface area contributed by atoms with Crippen molar-refractivity contribution in [2.45, 2.75) is 76.9 Å². The molecule has 6 nitrogen and oxygen atoms in total. The second-order valence-corrected chi connectivity index (χ2v) is 11.9. The minimum absolute atomic E-state index is 0.00887. The molecule has 8 rings (SSSR count). The van der Waals surface area contributed by atoms with Crippen LogP contribution in [0.4, 0.5) is 0 Å². The summed E-state index contributed by atoms with van der Waals surface area (Å²) in [5.74, 6) is 3.59. The lowest BCUT2D eigenvalue weighted by Gasteiger charge is -2.66. The predicted molar refractivity (Wildman–Crippen MR) is 117 cm³/mol. The Labute approximate surface area is 189 Å². The molecule has 1 aromatic rings. The predicted octanol–water partition coefficient (Wildman–Crippen LogP) is 3.80. The Morgan fingerprint density at radius 2 is 1.84 bits per heavy atom. The third kappa shape index (κ3) is 2.47. The number of nitrogens with one attached hydrogen (secondary N) is 1. The summed E-state index contributed by atoms with van der Waals surface area (Å²) in [5.41, 5.74) is 0.413. The molecule has 1 saturated heterocycles. The molecule has 5 aliphatic carbocycles. The van der Waals surface area contributed by atoms with Crippen molar-refractivity contribution in [2.24, 2.45) is 28.6 Å². The molecule has 7 aliphatic rings. The van der Waals surface area contributed by atoms with Crippen molar-refractivity contribution < 1.29 is 19.1 Å². The van der Waals surface area contributed by atoms with Gasteiger partial charge in [-0.05, 0) is 82.6 Å². The Balaban J connectivity index is 1.22. The largest absolute Gasteiger partial charge is 0.454 e. The molecule has 6 fully saturated rings. The summed E-state index contributed by atoms with van der Waals surface area (Å²) in [6.07, 6.45) is 7.50. The van der Waals surface area contributed by atoms with E-state index in [0.29, 0.717) is 29.7 Å². The Bertz CT molecular complexity index is 999. The molecule has 1 N–H and O–H groups in total. The number of fused-ring (bicyclic) bond motifs is 1. The molecule has 6 heteroatoms. The van der Waals surface area contributed by atoms with E-state index in [0.717, 1.165) is 62.0 Å². The van der Waals surface area contributed by atoms with Crippen LogP contribution in [0.15, 0.2) is 18.2 Å². The number of rotatable bonds is 4. The molecule has 0 radical (unpaired) electrons. The fourth-order valence-corrected chi connectivity index (χ4v) is 8.16. The van der Waals surface area contributed by atoms with E-state index in [1.54, 1.807) is 0 Å². The van der Waals surface area contributed by atoms with Crippen LogP contribution in [-0.4, -0.2) is 35.6 Å².